The van der Waals surface area contributed by atoms with E-state index in [1.807, 2.05) is 13.0 Å². The number of alkyl halides is 1. The number of hydrogen-bond donors (Lipinski definition) is 0. The molecule has 0 aromatic heterocycles. The van der Waals surface area contributed by atoms with Crippen molar-refractivity contribution >= 4 is 21.7 Å². The molecule has 0 spiro atoms. The highest BCUT2D eigenvalue weighted by atomic mass is 79.9. The van der Waals surface area contributed by atoms with Gasteiger partial charge in [0.2, 0.25) is 0 Å². The molecule has 122 valence electrons. The lowest BCUT2D eigenvalue weighted by Crippen LogP contribution is -2.20. The lowest BCUT2D eigenvalue weighted by molar-refractivity contribution is 0.0976. The number of hydrogen-bond acceptors (Lipinski definition) is 3. The maximum absolute atomic E-state index is 12.8. The van der Waals surface area contributed by atoms with E-state index in [0.29, 0.717) is 17.2 Å². The Balaban J connectivity index is 2.16. The minimum absolute atomic E-state index is 0.0840. The largest absolute Gasteiger partial charge is 0.496 e. The minimum atomic E-state index is -0.156. The number of rotatable bonds is 6. The van der Waals surface area contributed by atoms with Crippen LogP contribution >= 0.6 is 15.9 Å². The van der Waals surface area contributed by atoms with Crippen LogP contribution in [0.3, 0.4) is 0 Å². The first-order valence-corrected chi connectivity index (χ1v) is 8.89. The topological polar surface area (TPSA) is 35.5 Å². The normalized spacial score (nSPS) is 17.1. The summed E-state index contributed by atoms with van der Waals surface area (Å²) in [5.74, 6) is 2.08. The Morgan fingerprint density at radius 1 is 1.18 bits per heavy atom. The highest BCUT2D eigenvalue weighted by Crippen LogP contribution is 2.34. The van der Waals surface area contributed by atoms with E-state index in [4.69, 9.17) is 9.47 Å². The van der Waals surface area contributed by atoms with Gasteiger partial charge in [-0.15, -0.1) is 0 Å². The van der Waals surface area contributed by atoms with Gasteiger partial charge >= 0.3 is 0 Å². The molecule has 1 atom stereocenters. The molecule has 2 rings (SSSR count). The van der Waals surface area contributed by atoms with Gasteiger partial charge in [0.15, 0.2) is 5.78 Å². The summed E-state index contributed by atoms with van der Waals surface area (Å²) >= 11 is 3.60. The lowest BCUT2D eigenvalue weighted by atomic mass is 9.85. The van der Waals surface area contributed by atoms with Gasteiger partial charge in [-0.2, -0.15) is 0 Å². The molecular weight excluding hydrogens is 344 g/mol. The van der Waals surface area contributed by atoms with Gasteiger partial charge in [0.25, 0.3) is 0 Å². The molecule has 0 heterocycles. The Kier molecular flexibility index (Phi) is 6.30. The molecule has 0 bridgehead atoms. The first-order chi connectivity index (χ1) is 10.6. The maximum Gasteiger partial charge on any atom is 0.180 e. The predicted octanol–water partition coefficient (Wildman–Crippen LogP) is 4.93. The summed E-state index contributed by atoms with van der Waals surface area (Å²) in [6.45, 7) is 1.95. The van der Waals surface area contributed by atoms with Gasteiger partial charge in [-0.3, -0.25) is 4.79 Å². The van der Waals surface area contributed by atoms with Crippen LogP contribution in [0, 0.1) is 12.8 Å². The number of benzene rings is 1. The van der Waals surface area contributed by atoms with Crippen molar-refractivity contribution in [3.63, 3.8) is 0 Å². The third-order valence-electron chi connectivity index (χ3n) is 4.53. The van der Waals surface area contributed by atoms with Gasteiger partial charge in [0.05, 0.1) is 24.6 Å². The number of ether oxygens (including phenoxy) is 2. The highest BCUT2D eigenvalue weighted by molar-refractivity contribution is 9.10. The van der Waals surface area contributed by atoms with Crippen LogP contribution in [0.25, 0.3) is 0 Å². The Hall–Kier alpha value is -1.03. The second kappa shape index (κ2) is 8.00. The monoisotopic (exact) mass is 368 g/mol. The molecule has 1 unspecified atom stereocenters. The molecule has 0 saturated heterocycles. The number of Topliss-reactive ketones (excluding diaryl/α,β-unsaturated/α-hetero) is 1. The van der Waals surface area contributed by atoms with Gasteiger partial charge in [0, 0.05) is 0 Å². The van der Waals surface area contributed by atoms with Crippen molar-refractivity contribution < 1.29 is 14.3 Å². The molecule has 0 amide bonds. The van der Waals surface area contributed by atoms with Crippen molar-refractivity contribution in [1.29, 1.82) is 0 Å². The second-order valence-electron chi connectivity index (χ2n) is 6.09. The molecule has 1 aliphatic rings. The summed E-state index contributed by atoms with van der Waals surface area (Å²) in [4.78, 5) is 12.6. The van der Waals surface area contributed by atoms with E-state index in [0.717, 1.165) is 17.7 Å². The van der Waals surface area contributed by atoms with Crippen LogP contribution in [0.1, 0.15) is 54.4 Å². The molecule has 0 N–H and O–H groups in total. The number of methoxy groups -OCH3 is 2. The molecule has 0 radical (unpaired) electrons. The molecule has 4 heteroatoms. The van der Waals surface area contributed by atoms with Crippen molar-refractivity contribution in [2.24, 2.45) is 5.92 Å². The molecule has 1 aliphatic carbocycles. The zero-order valence-electron chi connectivity index (χ0n) is 13.7. The summed E-state index contributed by atoms with van der Waals surface area (Å²) in [5, 5.41) is 0. The van der Waals surface area contributed by atoms with E-state index in [1.165, 1.54) is 32.1 Å². The van der Waals surface area contributed by atoms with Crippen molar-refractivity contribution in [2.45, 2.75) is 50.3 Å². The molecule has 3 nitrogen and oxygen atoms in total. The van der Waals surface area contributed by atoms with E-state index in [1.54, 1.807) is 20.3 Å². The second-order valence-corrected chi connectivity index (χ2v) is 7.20. The summed E-state index contributed by atoms with van der Waals surface area (Å²) < 4.78 is 10.7. The zero-order chi connectivity index (χ0) is 16.1. The summed E-state index contributed by atoms with van der Waals surface area (Å²) in [7, 11) is 3.22. The van der Waals surface area contributed by atoms with Gasteiger partial charge in [0.1, 0.15) is 11.5 Å². The van der Waals surface area contributed by atoms with Crippen LogP contribution in [0.2, 0.25) is 0 Å². The highest BCUT2D eigenvalue weighted by Gasteiger charge is 2.26. The molecule has 0 aliphatic heterocycles. The Morgan fingerprint density at radius 2 is 1.82 bits per heavy atom. The third-order valence-corrected chi connectivity index (χ3v) is 5.32. The van der Waals surface area contributed by atoms with Crippen LogP contribution < -0.4 is 9.47 Å². The lowest BCUT2D eigenvalue weighted by Gasteiger charge is -2.23. The maximum atomic E-state index is 12.8. The standard InChI is InChI=1S/C18H25BrO3/c1-12-9-17(22-3)14(11-16(12)21-2)18(20)15(19)10-13-7-5-4-6-8-13/h9,11,13,15H,4-8,10H2,1-3H3. The van der Waals surface area contributed by atoms with Gasteiger partial charge < -0.3 is 9.47 Å². The number of carbonyl (C=O) groups is 1. The van der Waals surface area contributed by atoms with E-state index in [9.17, 15) is 4.79 Å². The molecule has 1 aromatic rings. The van der Waals surface area contributed by atoms with Gasteiger partial charge in [-0.05, 0) is 37.0 Å². The van der Waals surface area contributed by atoms with Crippen LogP contribution in [0.5, 0.6) is 11.5 Å². The smallest absolute Gasteiger partial charge is 0.180 e. The van der Waals surface area contributed by atoms with Crippen molar-refractivity contribution in [2.75, 3.05) is 14.2 Å². The SMILES string of the molecule is COc1cc(C(=O)C(Br)CC2CCCCC2)c(OC)cc1C. The fourth-order valence-electron chi connectivity index (χ4n) is 3.23. The number of aryl methyl sites for hydroxylation is 1. The van der Waals surface area contributed by atoms with Crippen molar-refractivity contribution in [3.05, 3.63) is 23.3 Å². The van der Waals surface area contributed by atoms with E-state index in [-0.39, 0.29) is 10.6 Å². The fourth-order valence-corrected chi connectivity index (χ4v) is 4.01. The Labute approximate surface area is 141 Å². The number of halogens is 1. The van der Waals surface area contributed by atoms with Crippen molar-refractivity contribution in [1.82, 2.24) is 0 Å². The van der Waals surface area contributed by atoms with E-state index in [2.05, 4.69) is 15.9 Å². The van der Waals surface area contributed by atoms with Gasteiger partial charge in [-0.25, -0.2) is 0 Å². The van der Waals surface area contributed by atoms with Crippen LogP contribution in [-0.4, -0.2) is 24.8 Å². The molecule has 1 aromatic carbocycles. The van der Waals surface area contributed by atoms with Crippen LogP contribution in [0.4, 0.5) is 0 Å². The minimum Gasteiger partial charge on any atom is -0.496 e. The number of carbonyl (C=O) groups excluding carboxylic acids is 1. The Bertz CT molecular complexity index is 521. The molecule has 1 fully saturated rings. The van der Waals surface area contributed by atoms with Gasteiger partial charge in [-0.1, -0.05) is 48.0 Å². The molecule has 22 heavy (non-hydrogen) atoms. The molecule has 1 saturated carbocycles. The first kappa shape index (κ1) is 17.3. The van der Waals surface area contributed by atoms with Crippen LogP contribution in [-0.2, 0) is 0 Å². The van der Waals surface area contributed by atoms with E-state index >= 15 is 0 Å². The summed E-state index contributed by atoms with van der Waals surface area (Å²) in [5.41, 5.74) is 1.57. The Morgan fingerprint density at radius 3 is 2.41 bits per heavy atom. The zero-order valence-corrected chi connectivity index (χ0v) is 15.2. The van der Waals surface area contributed by atoms with Crippen LogP contribution in [0.15, 0.2) is 12.1 Å². The molecular formula is C18H25BrO3. The average Bonchev–Trinajstić information content (AvgIpc) is 2.54. The summed E-state index contributed by atoms with van der Waals surface area (Å²) in [6.07, 6.45) is 7.30. The first-order valence-electron chi connectivity index (χ1n) is 7.97. The fraction of sp³-hybridized carbons (Fsp3) is 0.611. The predicted molar refractivity (Wildman–Crippen MR) is 92.5 cm³/mol. The van der Waals surface area contributed by atoms with Crippen molar-refractivity contribution in [3.8, 4) is 11.5 Å². The average molecular weight is 369 g/mol. The van der Waals surface area contributed by atoms with E-state index < -0.39 is 0 Å². The summed E-state index contributed by atoms with van der Waals surface area (Å²) in [6, 6.07) is 3.66. The third kappa shape index (κ3) is 4.03. The number of ketones is 1. The quantitative estimate of drug-likeness (QED) is 0.527.